The van der Waals surface area contributed by atoms with E-state index in [1.54, 1.807) is 42.5 Å². The van der Waals surface area contributed by atoms with Gasteiger partial charge in [0.15, 0.2) is 0 Å². The quantitative estimate of drug-likeness (QED) is 0.177. The number of nitrogens with one attached hydrogen (secondary N) is 1. The van der Waals surface area contributed by atoms with Crippen molar-refractivity contribution >= 4 is 50.7 Å². The maximum atomic E-state index is 14.5. The van der Waals surface area contributed by atoms with E-state index in [2.05, 4.69) is 5.32 Å². The summed E-state index contributed by atoms with van der Waals surface area (Å²) in [4.78, 5) is 29.7. The number of hydrogen-bond acceptors (Lipinski definition) is 4. The Morgan fingerprint density at radius 2 is 1.49 bits per heavy atom. The minimum absolute atomic E-state index is 0.0233. The number of anilines is 1. The van der Waals surface area contributed by atoms with Crippen LogP contribution in [0.3, 0.4) is 0 Å². The Balaban J connectivity index is 1.82. The van der Waals surface area contributed by atoms with Crippen molar-refractivity contribution in [2.75, 3.05) is 10.8 Å². The van der Waals surface area contributed by atoms with Crippen LogP contribution in [0.5, 0.6) is 0 Å². The van der Waals surface area contributed by atoms with Gasteiger partial charge in [-0.3, -0.25) is 13.9 Å². The number of hydrogen-bond donors (Lipinski definition) is 1. The molecule has 0 aromatic heterocycles. The first-order valence-electron chi connectivity index (χ1n) is 14.6. The van der Waals surface area contributed by atoms with Crippen LogP contribution < -0.4 is 9.62 Å². The van der Waals surface area contributed by atoms with Gasteiger partial charge in [0.2, 0.25) is 11.8 Å². The lowest BCUT2D eigenvalue weighted by molar-refractivity contribution is -0.140. The molecule has 2 amide bonds. The van der Waals surface area contributed by atoms with E-state index in [1.807, 2.05) is 64.1 Å². The van der Waals surface area contributed by atoms with Crippen LogP contribution in [-0.4, -0.2) is 43.8 Å². The molecule has 1 N–H and O–H groups in total. The molecule has 45 heavy (non-hydrogen) atoms. The summed E-state index contributed by atoms with van der Waals surface area (Å²) in [5.74, 6) is -0.919. The van der Waals surface area contributed by atoms with Crippen molar-refractivity contribution in [3.63, 3.8) is 0 Å². The van der Waals surface area contributed by atoms with Gasteiger partial charge in [0, 0.05) is 29.1 Å². The Morgan fingerprint density at radius 3 is 2.11 bits per heavy atom. The van der Waals surface area contributed by atoms with Gasteiger partial charge in [0.1, 0.15) is 12.6 Å². The maximum Gasteiger partial charge on any atom is 0.264 e. The molecule has 4 aromatic rings. The van der Waals surface area contributed by atoms with Gasteiger partial charge in [-0.15, -0.1) is 0 Å². The zero-order chi connectivity index (χ0) is 32.7. The summed E-state index contributed by atoms with van der Waals surface area (Å²) < 4.78 is 29.4. The highest BCUT2D eigenvalue weighted by molar-refractivity contribution is 7.92. The van der Waals surface area contributed by atoms with E-state index in [4.69, 9.17) is 23.2 Å². The van der Waals surface area contributed by atoms with E-state index >= 15 is 0 Å². The molecule has 0 radical (unpaired) electrons. The Morgan fingerprint density at radius 1 is 0.822 bits per heavy atom. The standard InChI is InChI=1S/C35H37Cl2N3O4S/c1-24(2)38-35(42)33(20-27-9-6-5-7-10-27)39(22-28-11-8-12-29(36)19-28)34(41)23-40(30-16-15-26(4)32(37)21-30)45(43,44)31-17-13-25(3)14-18-31/h5-19,21,24,33H,20,22-23H2,1-4H3,(H,38,42)/t33-/m1/s1. The molecule has 1 atom stereocenters. The molecule has 10 heteroatoms. The summed E-state index contributed by atoms with van der Waals surface area (Å²) in [6.07, 6.45) is 0.215. The third kappa shape index (κ3) is 8.87. The number of amides is 2. The lowest BCUT2D eigenvalue weighted by atomic mass is 10.0. The van der Waals surface area contributed by atoms with E-state index in [-0.39, 0.29) is 35.5 Å². The number of carbonyl (C=O) groups excluding carboxylic acids is 2. The van der Waals surface area contributed by atoms with Gasteiger partial charge in [0.05, 0.1) is 10.6 Å². The molecular weight excluding hydrogens is 629 g/mol. The van der Waals surface area contributed by atoms with Gasteiger partial charge in [-0.05, 0) is 80.8 Å². The Kier molecular flexibility index (Phi) is 11.3. The smallest absolute Gasteiger partial charge is 0.264 e. The van der Waals surface area contributed by atoms with Crippen LogP contribution in [0.4, 0.5) is 5.69 Å². The number of rotatable bonds is 12. The first-order chi connectivity index (χ1) is 21.3. The average Bonchev–Trinajstić information content (AvgIpc) is 2.99. The summed E-state index contributed by atoms with van der Waals surface area (Å²) >= 11 is 12.7. The van der Waals surface area contributed by atoms with Crippen LogP contribution in [0.1, 0.15) is 36.1 Å². The van der Waals surface area contributed by atoms with Gasteiger partial charge in [-0.2, -0.15) is 0 Å². The Bertz CT molecular complexity index is 1750. The van der Waals surface area contributed by atoms with E-state index in [1.165, 1.54) is 23.1 Å². The molecule has 0 aliphatic carbocycles. The van der Waals surface area contributed by atoms with Crippen molar-refractivity contribution < 1.29 is 18.0 Å². The topological polar surface area (TPSA) is 86.8 Å². The van der Waals surface area contributed by atoms with E-state index in [0.29, 0.717) is 15.6 Å². The van der Waals surface area contributed by atoms with Crippen LogP contribution >= 0.6 is 23.2 Å². The number of carbonyl (C=O) groups is 2. The molecule has 4 aromatic carbocycles. The van der Waals surface area contributed by atoms with Crippen molar-refractivity contribution in [1.82, 2.24) is 10.2 Å². The van der Waals surface area contributed by atoms with Gasteiger partial charge < -0.3 is 10.2 Å². The molecule has 7 nitrogen and oxygen atoms in total. The Hall–Kier alpha value is -3.85. The predicted molar refractivity (Wildman–Crippen MR) is 181 cm³/mol. The fourth-order valence-electron chi connectivity index (χ4n) is 4.87. The van der Waals surface area contributed by atoms with Crippen molar-refractivity contribution in [3.8, 4) is 0 Å². The second kappa shape index (κ2) is 15.0. The molecule has 0 spiro atoms. The number of benzene rings is 4. The molecule has 0 aliphatic rings. The molecular formula is C35H37Cl2N3O4S. The fourth-order valence-corrected chi connectivity index (χ4v) is 6.66. The highest BCUT2D eigenvalue weighted by atomic mass is 35.5. The van der Waals surface area contributed by atoms with Crippen molar-refractivity contribution in [2.24, 2.45) is 0 Å². The summed E-state index contributed by atoms with van der Waals surface area (Å²) in [5, 5.41) is 3.78. The van der Waals surface area contributed by atoms with Crippen LogP contribution in [0.2, 0.25) is 10.0 Å². The number of nitrogens with zero attached hydrogens (tertiary/aromatic N) is 2. The molecule has 0 saturated heterocycles. The van der Waals surface area contributed by atoms with Crippen LogP contribution in [0.15, 0.2) is 102 Å². The number of halogens is 2. The predicted octanol–water partition coefficient (Wildman–Crippen LogP) is 6.97. The van der Waals surface area contributed by atoms with E-state index < -0.39 is 28.5 Å². The van der Waals surface area contributed by atoms with E-state index in [9.17, 15) is 18.0 Å². The molecule has 4 rings (SSSR count). The van der Waals surface area contributed by atoms with Crippen LogP contribution in [0, 0.1) is 13.8 Å². The number of aryl methyl sites for hydroxylation is 2. The molecule has 0 unspecified atom stereocenters. The minimum Gasteiger partial charge on any atom is -0.352 e. The van der Waals surface area contributed by atoms with Crippen LogP contribution in [-0.2, 0) is 32.6 Å². The van der Waals surface area contributed by atoms with Crippen molar-refractivity contribution in [3.05, 3.63) is 129 Å². The first-order valence-corrected chi connectivity index (χ1v) is 16.8. The molecule has 0 bridgehead atoms. The minimum atomic E-state index is -4.23. The fraction of sp³-hybridized carbons (Fsp3) is 0.257. The third-order valence-electron chi connectivity index (χ3n) is 7.28. The van der Waals surface area contributed by atoms with Crippen molar-refractivity contribution in [2.45, 2.75) is 57.6 Å². The lowest BCUT2D eigenvalue weighted by Gasteiger charge is -2.34. The monoisotopic (exact) mass is 665 g/mol. The molecule has 236 valence electrons. The summed E-state index contributed by atoms with van der Waals surface area (Å²) in [7, 11) is -4.23. The third-order valence-corrected chi connectivity index (χ3v) is 9.71. The van der Waals surface area contributed by atoms with Gasteiger partial charge in [-0.25, -0.2) is 8.42 Å². The number of sulfonamides is 1. The summed E-state index contributed by atoms with van der Waals surface area (Å²) in [6.45, 7) is 6.81. The highest BCUT2D eigenvalue weighted by Gasteiger charge is 2.35. The van der Waals surface area contributed by atoms with Gasteiger partial charge in [0.25, 0.3) is 10.0 Å². The highest BCUT2D eigenvalue weighted by Crippen LogP contribution is 2.29. The summed E-state index contributed by atoms with van der Waals surface area (Å²) in [6, 6.07) is 26.6. The first kappa shape index (κ1) is 34.0. The van der Waals surface area contributed by atoms with Gasteiger partial charge in [-0.1, -0.05) is 89.4 Å². The molecule has 0 saturated carbocycles. The SMILES string of the molecule is Cc1ccc(S(=O)(=O)N(CC(=O)N(Cc2cccc(Cl)c2)[C@H](Cc2ccccc2)C(=O)NC(C)C)c2ccc(C)c(Cl)c2)cc1. The molecule has 0 fully saturated rings. The van der Waals surface area contributed by atoms with Crippen molar-refractivity contribution in [1.29, 1.82) is 0 Å². The maximum absolute atomic E-state index is 14.5. The zero-order valence-electron chi connectivity index (χ0n) is 25.7. The normalized spacial score (nSPS) is 12.1. The van der Waals surface area contributed by atoms with Crippen LogP contribution in [0.25, 0.3) is 0 Å². The molecule has 0 heterocycles. The second-order valence-electron chi connectivity index (χ2n) is 11.3. The van der Waals surface area contributed by atoms with E-state index in [0.717, 1.165) is 21.0 Å². The second-order valence-corrected chi connectivity index (χ2v) is 14.0. The Labute approximate surface area is 275 Å². The van der Waals surface area contributed by atoms with Gasteiger partial charge >= 0.3 is 0 Å². The lowest BCUT2D eigenvalue weighted by Crippen LogP contribution is -2.54. The largest absolute Gasteiger partial charge is 0.352 e. The molecule has 0 aliphatic heterocycles. The summed E-state index contributed by atoms with van der Waals surface area (Å²) in [5.41, 5.74) is 3.42. The average molecular weight is 667 g/mol. The zero-order valence-corrected chi connectivity index (χ0v) is 28.0.